The predicted molar refractivity (Wildman–Crippen MR) is 99.4 cm³/mol. The van der Waals surface area contributed by atoms with E-state index in [0.717, 1.165) is 16.8 Å². The molecule has 2 aromatic rings. The van der Waals surface area contributed by atoms with Gasteiger partial charge in [-0.15, -0.1) is 0 Å². The second-order valence-corrected chi connectivity index (χ2v) is 6.00. The molecule has 5 heteroatoms. The minimum atomic E-state index is -0.988. The fourth-order valence-electron chi connectivity index (χ4n) is 2.41. The zero-order chi connectivity index (χ0) is 18.4. The number of aliphatic hydroxyl groups excluding tert-OH is 1. The number of allylic oxidation sites excluding steroid dienone is 1. The molecule has 0 saturated carbocycles. The van der Waals surface area contributed by atoms with Crippen molar-refractivity contribution >= 4 is 23.8 Å². The predicted octanol–water partition coefficient (Wildman–Crippen LogP) is 3.30. The number of carboxylic acid groups (broad SMARTS) is 1. The maximum Gasteiger partial charge on any atom is 0.310 e. The lowest BCUT2D eigenvalue weighted by Gasteiger charge is -2.11. The van der Waals surface area contributed by atoms with Gasteiger partial charge in [0.15, 0.2) is 18.2 Å². The Hall–Kier alpha value is -3.08. The largest absolute Gasteiger partial charge is 0.506 e. The number of benzene rings is 1. The minimum Gasteiger partial charge on any atom is -0.506 e. The van der Waals surface area contributed by atoms with Gasteiger partial charge in [0.25, 0.3) is 0 Å². The van der Waals surface area contributed by atoms with Crippen molar-refractivity contribution in [2.75, 3.05) is 19.0 Å². The minimum absolute atomic E-state index is 0.170. The van der Waals surface area contributed by atoms with Crippen LogP contribution in [0, 0.1) is 0 Å². The molecule has 1 unspecified atom stereocenters. The van der Waals surface area contributed by atoms with Gasteiger partial charge in [0.1, 0.15) is 6.42 Å². The third-order valence-electron chi connectivity index (χ3n) is 3.87. The fourth-order valence-corrected chi connectivity index (χ4v) is 2.41. The highest BCUT2D eigenvalue weighted by Gasteiger charge is 2.24. The van der Waals surface area contributed by atoms with Gasteiger partial charge in [0, 0.05) is 31.9 Å². The number of hydrogen-bond donors (Lipinski definition) is 2. The van der Waals surface area contributed by atoms with E-state index in [1.54, 1.807) is 17.0 Å². The number of carbonyl (C=O) groups is 1. The Morgan fingerprint density at radius 3 is 2.04 bits per heavy atom. The first-order valence-corrected chi connectivity index (χ1v) is 7.92. The first-order valence-electron chi connectivity index (χ1n) is 7.92. The summed E-state index contributed by atoms with van der Waals surface area (Å²) in [6.07, 6.45) is 7.26. The quantitative estimate of drug-likeness (QED) is 0.600. The Morgan fingerprint density at radius 1 is 1.08 bits per heavy atom. The van der Waals surface area contributed by atoms with Crippen LogP contribution in [0.2, 0.25) is 0 Å². The summed E-state index contributed by atoms with van der Waals surface area (Å²) in [4.78, 5) is 12.9. The highest BCUT2D eigenvalue weighted by molar-refractivity contribution is 5.70. The molecule has 25 heavy (non-hydrogen) atoms. The molecule has 0 aliphatic rings. The lowest BCUT2D eigenvalue weighted by molar-refractivity contribution is -0.716. The van der Waals surface area contributed by atoms with Gasteiger partial charge >= 0.3 is 5.97 Å². The van der Waals surface area contributed by atoms with E-state index in [2.05, 4.69) is 18.7 Å². The molecule has 1 aromatic heterocycles. The summed E-state index contributed by atoms with van der Waals surface area (Å²) in [6, 6.07) is 11.3. The fraction of sp³-hybridized carbons (Fsp3) is 0.200. The summed E-state index contributed by atoms with van der Waals surface area (Å²) in [5, 5.41) is 18.5. The Kier molecular flexibility index (Phi) is 5.95. The monoisotopic (exact) mass is 339 g/mol. The standard InChI is InChI=1S/C20H22N2O3/c1-15(23)19(14-20(24)25)22-12-10-17(11-13-22)5-4-16-6-8-18(9-7-16)21(2)3/h4-13,19H,1,14H2,2-3H3,(H-,23,24,25)/p+1. The van der Waals surface area contributed by atoms with Crippen LogP contribution in [0.1, 0.15) is 23.6 Å². The average molecular weight is 339 g/mol. The van der Waals surface area contributed by atoms with Crippen molar-refractivity contribution in [2.45, 2.75) is 12.5 Å². The van der Waals surface area contributed by atoms with Crippen molar-refractivity contribution in [3.05, 3.63) is 72.3 Å². The molecule has 1 atom stereocenters. The van der Waals surface area contributed by atoms with Crippen molar-refractivity contribution in [2.24, 2.45) is 0 Å². The van der Waals surface area contributed by atoms with Crippen LogP contribution in [0.5, 0.6) is 0 Å². The van der Waals surface area contributed by atoms with Gasteiger partial charge in [-0.25, -0.2) is 0 Å². The molecule has 0 radical (unpaired) electrons. The number of aromatic nitrogens is 1. The number of nitrogens with zero attached hydrogens (tertiary/aromatic N) is 2. The first-order chi connectivity index (χ1) is 11.9. The van der Waals surface area contributed by atoms with Gasteiger partial charge in [-0.1, -0.05) is 30.9 Å². The molecule has 0 aliphatic carbocycles. The van der Waals surface area contributed by atoms with Crippen molar-refractivity contribution in [1.82, 2.24) is 0 Å². The van der Waals surface area contributed by atoms with E-state index >= 15 is 0 Å². The smallest absolute Gasteiger partial charge is 0.310 e. The van der Waals surface area contributed by atoms with Gasteiger partial charge in [-0.2, -0.15) is 4.57 Å². The topological polar surface area (TPSA) is 64.7 Å². The number of aliphatic carboxylic acids is 1. The van der Waals surface area contributed by atoms with Crippen LogP contribution in [0.3, 0.4) is 0 Å². The molecule has 5 nitrogen and oxygen atoms in total. The van der Waals surface area contributed by atoms with Crippen LogP contribution in [0.15, 0.2) is 61.1 Å². The Balaban J connectivity index is 2.11. The third kappa shape index (κ3) is 5.21. The summed E-state index contributed by atoms with van der Waals surface area (Å²) in [5.41, 5.74) is 3.21. The molecule has 2 rings (SSSR count). The van der Waals surface area contributed by atoms with Gasteiger partial charge in [-0.05, 0) is 23.3 Å². The van der Waals surface area contributed by atoms with Crippen LogP contribution in [0.25, 0.3) is 12.2 Å². The second kappa shape index (κ2) is 8.15. The molecule has 0 spiro atoms. The van der Waals surface area contributed by atoms with Crippen molar-refractivity contribution in [3.63, 3.8) is 0 Å². The number of rotatable bonds is 7. The van der Waals surface area contributed by atoms with Crippen LogP contribution in [-0.2, 0) is 4.79 Å². The highest BCUT2D eigenvalue weighted by atomic mass is 16.4. The van der Waals surface area contributed by atoms with Gasteiger partial charge in [0.05, 0.1) is 0 Å². The Bertz CT molecular complexity index is 763. The lowest BCUT2D eigenvalue weighted by atomic mass is 10.1. The van der Waals surface area contributed by atoms with Crippen LogP contribution < -0.4 is 9.47 Å². The average Bonchev–Trinajstić information content (AvgIpc) is 2.58. The van der Waals surface area contributed by atoms with E-state index < -0.39 is 12.0 Å². The third-order valence-corrected chi connectivity index (χ3v) is 3.87. The summed E-state index contributed by atoms with van der Waals surface area (Å²) < 4.78 is 1.64. The van der Waals surface area contributed by atoms with E-state index in [1.165, 1.54) is 0 Å². The molecule has 0 amide bonds. The molecule has 2 N–H and O–H groups in total. The zero-order valence-corrected chi connectivity index (χ0v) is 14.5. The van der Waals surface area contributed by atoms with Crippen LogP contribution in [0.4, 0.5) is 5.69 Å². The van der Waals surface area contributed by atoms with E-state index in [4.69, 9.17) is 5.11 Å². The van der Waals surface area contributed by atoms with E-state index in [0.29, 0.717) is 0 Å². The highest BCUT2D eigenvalue weighted by Crippen LogP contribution is 2.15. The molecule has 130 valence electrons. The molecule has 1 heterocycles. The molecular weight excluding hydrogens is 316 g/mol. The van der Waals surface area contributed by atoms with Crippen LogP contribution >= 0.6 is 0 Å². The van der Waals surface area contributed by atoms with Crippen molar-refractivity contribution in [1.29, 1.82) is 0 Å². The van der Waals surface area contributed by atoms with Crippen LogP contribution in [-0.4, -0.2) is 30.3 Å². The SMILES string of the molecule is C=C(O)C(CC(=O)O)[n+]1ccc(/C=C/c2ccc(N(C)C)cc2)cc1. The number of hydrogen-bond acceptors (Lipinski definition) is 3. The van der Waals surface area contributed by atoms with Crippen molar-refractivity contribution in [3.8, 4) is 0 Å². The molecule has 0 bridgehead atoms. The Labute approximate surface area is 147 Å². The maximum atomic E-state index is 10.9. The number of aliphatic hydroxyl groups is 1. The molecule has 0 fully saturated rings. The second-order valence-electron chi connectivity index (χ2n) is 6.00. The van der Waals surface area contributed by atoms with Crippen molar-refractivity contribution < 1.29 is 19.6 Å². The maximum absolute atomic E-state index is 10.9. The molecule has 0 aliphatic heterocycles. The van der Waals surface area contributed by atoms with E-state index in [9.17, 15) is 9.90 Å². The number of carboxylic acids is 1. The molecule has 1 aromatic carbocycles. The Morgan fingerprint density at radius 2 is 1.60 bits per heavy atom. The van der Waals surface area contributed by atoms with Gasteiger partial charge < -0.3 is 15.1 Å². The summed E-state index contributed by atoms with van der Waals surface area (Å²) in [5.74, 6) is -1.16. The molecule has 0 saturated heterocycles. The summed E-state index contributed by atoms with van der Waals surface area (Å²) in [6.45, 7) is 3.46. The number of anilines is 1. The number of pyridine rings is 1. The normalized spacial score (nSPS) is 12.1. The van der Waals surface area contributed by atoms with E-state index in [1.807, 2.05) is 55.4 Å². The first kappa shape index (κ1) is 18.3. The molecular formula is C20H23N2O3+. The lowest BCUT2D eigenvalue weighted by Crippen LogP contribution is -2.40. The van der Waals surface area contributed by atoms with E-state index in [-0.39, 0.29) is 12.2 Å². The van der Waals surface area contributed by atoms with Gasteiger partial charge in [0.2, 0.25) is 6.04 Å². The summed E-state index contributed by atoms with van der Waals surface area (Å²) in [7, 11) is 4.01. The zero-order valence-electron chi connectivity index (χ0n) is 14.5. The van der Waals surface area contributed by atoms with Gasteiger partial charge in [-0.3, -0.25) is 4.79 Å². The summed E-state index contributed by atoms with van der Waals surface area (Å²) >= 11 is 0.